The molecule has 1 aromatic heterocycles. The van der Waals surface area contributed by atoms with E-state index in [1.807, 2.05) is 6.92 Å². The summed E-state index contributed by atoms with van der Waals surface area (Å²) in [5.74, 6) is -0.527. The van der Waals surface area contributed by atoms with Gasteiger partial charge in [0.25, 0.3) is 0 Å². The summed E-state index contributed by atoms with van der Waals surface area (Å²) >= 11 is 0. The summed E-state index contributed by atoms with van der Waals surface area (Å²) < 4.78 is 5.08. The highest BCUT2D eigenvalue weighted by Gasteiger charge is 2.06. The fourth-order valence-electron chi connectivity index (χ4n) is 1.48. The summed E-state index contributed by atoms with van der Waals surface area (Å²) in [6.07, 6.45) is 1.78. The zero-order chi connectivity index (χ0) is 12.3. The fourth-order valence-corrected chi connectivity index (χ4v) is 1.48. The van der Waals surface area contributed by atoms with Crippen LogP contribution in [0, 0.1) is 13.0 Å². The topological polar surface area (TPSA) is 75.2 Å². The van der Waals surface area contributed by atoms with Crippen LogP contribution in [0.4, 0.5) is 0 Å². The summed E-state index contributed by atoms with van der Waals surface area (Å²) in [5, 5.41) is 15.3. The second-order valence-electron chi connectivity index (χ2n) is 3.52. The van der Waals surface area contributed by atoms with Crippen LogP contribution < -0.4 is 4.74 Å². The van der Waals surface area contributed by atoms with Crippen molar-refractivity contribution in [1.29, 1.82) is 0 Å². The van der Waals surface area contributed by atoms with E-state index < -0.39 is 5.97 Å². The molecule has 5 heteroatoms. The lowest BCUT2D eigenvalue weighted by molar-refractivity contribution is -0.139. The van der Waals surface area contributed by atoms with Crippen LogP contribution in [-0.4, -0.2) is 27.9 Å². The predicted octanol–water partition coefficient (Wildman–Crippen LogP) is 1.65. The van der Waals surface area contributed by atoms with Gasteiger partial charge in [-0.25, -0.2) is 4.79 Å². The van der Waals surface area contributed by atoms with Crippen molar-refractivity contribution < 1.29 is 14.6 Å². The molecule has 0 bridgehead atoms. The maximum Gasteiger partial charge on any atom is 0.341 e. The highest BCUT2D eigenvalue weighted by Crippen LogP contribution is 2.24. The molecule has 0 saturated heterocycles. The molecule has 1 radical (unpaired) electrons. The van der Waals surface area contributed by atoms with Crippen molar-refractivity contribution in [2.45, 2.75) is 6.92 Å². The molecule has 0 aliphatic heterocycles. The number of ether oxygens (including phenoxy) is 1. The van der Waals surface area contributed by atoms with E-state index in [2.05, 4.69) is 16.3 Å². The quantitative estimate of drug-likeness (QED) is 0.838. The SMILES string of the molecule is Cc1n[nH]cc1-c1c[c]cc(OCC(=O)O)c1. The fraction of sp³-hybridized carbons (Fsp3) is 0.167. The van der Waals surface area contributed by atoms with Crippen molar-refractivity contribution >= 4 is 5.97 Å². The number of hydrogen-bond donors (Lipinski definition) is 2. The number of aromatic nitrogens is 2. The molecule has 5 nitrogen and oxygen atoms in total. The summed E-state index contributed by atoms with van der Waals surface area (Å²) in [4.78, 5) is 10.4. The Morgan fingerprint density at radius 2 is 2.41 bits per heavy atom. The van der Waals surface area contributed by atoms with E-state index in [1.165, 1.54) is 0 Å². The van der Waals surface area contributed by atoms with Crippen LogP contribution in [0.3, 0.4) is 0 Å². The maximum atomic E-state index is 10.4. The molecule has 0 amide bonds. The number of aromatic amines is 1. The number of aliphatic carboxylic acids is 1. The monoisotopic (exact) mass is 231 g/mol. The highest BCUT2D eigenvalue weighted by atomic mass is 16.5. The summed E-state index contributed by atoms with van der Waals surface area (Å²) in [5.41, 5.74) is 2.70. The van der Waals surface area contributed by atoms with Gasteiger partial charge in [-0.05, 0) is 36.8 Å². The molecule has 2 rings (SSSR count). The van der Waals surface area contributed by atoms with Crippen LogP contribution in [0.2, 0.25) is 0 Å². The number of aryl methyl sites for hydroxylation is 1. The van der Waals surface area contributed by atoms with Crippen LogP contribution in [0.25, 0.3) is 11.1 Å². The third-order valence-corrected chi connectivity index (χ3v) is 2.27. The van der Waals surface area contributed by atoms with Crippen molar-refractivity contribution in [2.75, 3.05) is 6.61 Å². The van der Waals surface area contributed by atoms with Crippen LogP contribution in [-0.2, 0) is 4.79 Å². The zero-order valence-electron chi connectivity index (χ0n) is 9.23. The van der Waals surface area contributed by atoms with Crippen LogP contribution in [0.15, 0.2) is 24.4 Å². The molecule has 0 aliphatic rings. The lowest BCUT2D eigenvalue weighted by atomic mass is 10.1. The van der Waals surface area contributed by atoms with E-state index in [4.69, 9.17) is 9.84 Å². The number of nitrogens with one attached hydrogen (secondary N) is 1. The summed E-state index contributed by atoms with van der Waals surface area (Å²) in [7, 11) is 0. The van der Waals surface area contributed by atoms with Crippen molar-refractivity contribution in [1.82, 2.24) is 10.2 Å². The lowest BCUT2D eigenvalue weighted by Gasteiger charge is -2.05. The third-order valence-electron chi connectivity index (χ3n) is 2.27. The molecular weight excluding hydrogens is 220 g/mol. The van der Waals surface area contributed by atoms with E-state index in [1.54, 1.807) is 24.4 Å². The zero-order valence-corrected chi connectivity index (χ0v) is 9.23. The molecule has 0 fully saturated rings. The van der Waals surface area contributed by atoms with Gasteiger partial charge in [0.1, 0.15) is 5.75 Å². The smallest absolute Gasteiger partial charge is 0.341 e. The van der Waals surface area contributed by atoms with Crippen LogP contribution >= 0.6 is 0 Å². The predicted molar refractivity (Wildman–Crippen MR) is 60.7 cm³/mol. The van der Waals surface area contributed by atoms with E-state index >= 15 is 0 Å². The largest absolute Gasteiger partial charge is 0.482 e. The van der Waals surface area contributed by atoms with Gasteiger partial charge in [-0.1, -0.05) is 0 Å². The molecule has 1 aromatic carbocycles. The molecule has 0 saturated carbocycles. The number of hydrogen-bond acceptors (Lipinski definition) is 3. The molecule has 2 N–H and O–H groups in total. The molecular formula is C12H11N2O3. The van der Waals surface area contributed by atoms with Crippen molar-refractivity contribution in [3.05, 3.63) is 36.2 Å². The van der Waals surface area contributed by atoms with Gasteiger partial charge in [-0.2, -0.15) is 5.10 Å². The minimum absolute atomic E-state index is 0.359. The van der Waals surface area contributed by atoms with E-state index in [9.17, 15) is 4.79 Å². The van der Waals surface area contributed by atoms with Gasteiger partial charge >= 0.3 is 5.97 Å². The van der Waals surface area contributed by atoms with Gasteiger partial charge in [0.2, 0.25) is 0 Å². The first-order valence-electron chi connectivity index (χ1n) is 5.03. The van der Waals surface area contributed by atoms with Crippen molar-refractivity contribution in [3.8, 4) is 16.9 Å². The Kier molecular flexibility index (Phi) is 3.09. The molecule has 1 heterocycles. The molecule has 0 spiro atoms. The Labute approximate surface area is 98.0 Å². The summed E-state index contributed by atoms with van der Waals surface area (Å²) in [6.45, 7) is 1.53. The number of carbonyl (C=O) groups is 1. The Morgan fingerprint density at radius 3 is 3.06 bits per heavy atom. The average Bonchev–Trinajstić information content (AvgIpc) is 2.73. The Morgan fingerprint density at radius 1 is 1.59 bits per heavy atom. The van der Waals surface area contributed by atoms with Gasteiger partial charge in [0.05, 0.1) is 5.69 Å². The molecule has 87 valence electrons. The number of carboxylic acids is 1. The number of carboxylic acid groups (broad SMARTS) is 1. The maximum absolute atomic E-state index is 10.4. The van der Waals surface area contributed by atoms with Gasteiger partial charge in [0, 0.05) is 11.8 Å². The Bertz CT molecular complexity index is 534. The second kappa shape index (κ2) is 4.69. The molecule has 17 heavy (non-hydrogen) atoms. The lowest BCUT2D eigenvalue weighted by Crippen LogP contribution is -2.09. The van der Waals surface area contributed by atoms with Crippen LogP contribution in [0.5, 0.6) is 5.75 Å². The minimum atomic E-state index is -1.00. The van der Waals surface area contributed by atoms with Crippen molar-refractivity contribution in [3.63, 3.8) is 0 Å². The molecule has 0 atom stereocenters. The number of nitrogens with zero attached hydrogens (tertiary/aromatic N) is 1. The van der Waals surface area contributed by atoms with E-state index in [-0.39, 0.29) is 6.61 Å². The van der Waals surface area contributed by atoms with E-state index in [0.29, 0.717) is 5.75 Å². The Hall–Kier alpha value is -2.30. The normalized spacial score (nSPS) is 10.2. The van der Waals surface area contributed by atoms with Gasteiger partial charge in [-0.15, -0.1) is 0 Å². The number of H-pyrrole nitrogens is 1. The standard InChI is InChI=1S/C12H11N2O3/c1-8-11(6-13-14-8)9-3-2-4-10(5-9)17-7-12(15)16/h3-6H,7H2,1H3,(H,13,14)(H,15,16). The second-order valence-corrected chi connectivity index (χ2v) is 3.52. The first-order chi connectivity index (χ1) is 8.16. The molecule has 0 aliphatic carbocycles. The summed E-state index contributed by atoms with van der Waals surface area (Å²) in [6, 6.07) is 8.07. The van der Waals surface area contributed by atoms with Gasteiger partial charge < -0.3 is 9.84 Å². The first-order valence-corrected chi connectivity index (χ1v) is 5.03. The van der Waals surface area contributed by atoms with Gasteiger partial charge in [0.15, 0.2) is 6.61 Å². The molecule has 2 aromatic rings. The first kappa shape index (κ1) is 11.2. The number of benzene rings is 1. The van der Waals surface area contributed by atoms with Crippen molar-refractivity contribution in [2.24, 2.45) is 0 Å². The third kappa shape index (κ3) is 2.63. The molecule has 0 unspecified atom stereocenters. The minimum Gasteiger partial charge on any atom is -0.482 e. The highest BCUT2D eigenvalue weighted by molar-refractivity contribution is 5.69. The number of rotatable bonds is 4. The average molecular weight is 231 g/mol. The Balaban J connectivity index is 2.23. The van der Waals surface area contributed by atoms with Crippen LogP contribution in [0.1, 0.15) is 5.69 Å². The van der Waals surface area contributed by atoms with Gasteiger partial charge in [-0.3, -0.25) is 5.10 Å². The van der Waals surface area contributed by atoms with E-state index in [0.717, 1.165) is 16.8 Å².